The van der Waals surface area contributed by atoms with Crippen molar-refractivity contribution < 1.29 is 25.3 Å². The maximum Gasteiger partial charge on any atom is 0.243 e. The van der Waals surface area contributed by atoms with Gasteiger partial charge in [0.25, 0.3) is 0 Å². The Labute approximate surface area is 186 Å². The molecule has 0 spiro atoms. The first-order valence-electron chi connectivity index (χ1n) is 10.6. The molecule has 2 aliphatic rings. The lowest BCUT2D eigenvalue weighted by molar-refractivity contribution is 0.246. The first-order chi connectivity index (χ1) is 14.5. The maximum absolute atomic E-state index is 13.1. The van der Waals surface area contributed by atoms with Gasteiger partial charge < -0.3 is 0 Å². The Hall–Kier alpha value is -1.05. The molecule has 0 aliphatic carbocycles. The molecule has 3 rings (SSSR count). The third kappa shape index (κ3) is 4.98. The summed E-state index contributed by atoms with van der Waals surface area (Å²) in [4.78, 5) is 0.0922. The van der Waals surface area contributed by atoms with E-state index in [1.54, 1.807) is 6.92 Å². The van der Waals surface area contributed by atoms with E-state index < -0.39 is 30.1 Å². The van der Waals surface area contributed by atoms with Gasteiger partial charge in [0.2, 0.25) is 30.1 Å². The second-order valence-electron chi connectivity index (χ2n) is 7.85. The Morgan fingerprint density at radius 1 is 0.742 bits per heavy atom. The predicted molar refractivity (Wildman–Crippen MR) is 118 cm³/mol. The van der Waals surface area contributed by atoms with Crippen molar-refractivity contribution in [1.82, 2.24) is 12.9 Å². The Bertz CT molecular complexity index is 1080. The summed E-state index contributed by atoms with van der Waals surface area (Å²) in [6.45, 7) is 4.35. The molecule has 2 aliphatic heterocycles. The zero-order valence-electron chi connectivity index (χ0n) is 18.0. The molecule has 9 nitrogen and oxygen atoms in total. The topological polar surface area (TPSA) is 112 Å². The van der Waals surface area contributed by atoms with Crippen molar-refractivity contribution in [3.63, 3.8) is 0 Å². The Morgan fingerprint density at radius 2 is 1.26 bits per heavy atom. The molecule has 1 aromatic rings. The summed E-state index contributed by atoms with van der Waals surface area (Å²) in [6, 6.07) is 5.31. The largest absolute Gasteiger partial charge is 0.243 e. The van der Waals surface area contributed by atoms with Crippen LogP contribution >= 0.6 is 0 Å². The molecule has 0 aromatic heterocycles. The van der Waals surface area contributed by atoms with Gasteiger partial charge in [-0.05, 0) is 50.5 Å². The minimum atomic E-state index is -3.84. The van der Waals surface area contributed by atoms with E-state index in [1.165, 1.54) is 37.2 Å². The van der Waals surface area contributed by atoms with E-state index >= 15 is 0 Å². The molecule has 12 heteroatoms. The van der Waals surface area contributed by atoms with Crippen LogP contribution in [0.5, 0.6) is 0 Å². The van der Waals surface area contributed by atoms with Crippen molar-refractivity contribution in [2.24, 2.45) is 0 Å². The van der Waals surface area contributed by atoms with E-state index in [0.29, 0.717) is 6.54 Å². The van der Waals surface area contributed by atoms with Gasteiger partial charge in [-0.2, -0.15) is 12.9 Å². The molecule has 0 saturated carbocycles. The molecule has 0 bridgehead atoms. The number of hydrogen-bond donors (Lipinski definition) is 0. The minimum Gasteiger partial charge on any atom is -0.212 e. The van der Waals surface area contributed by atoms with E-state index in [0.717, 1.165) is 25.7 Å². The van der Waals surface area contributed by atoms with Gasteiger partial charge in [0.05, 0.1) is 15.5 Å². The molecule has 31 heavy (non-hydrogen) atoms. The van der Waals surface area contributed by atoms with E-state index in [-0.39, 0.29) is 47.8 Å². The van der Waals surface area contributed by atoms with Gasteiger partial charge in [-0.25, -0.2) is 25.3 Å². The molecule has 1 atom stereocenters. The molecule has 2 fully saturated rings. The van der Waals surface area contributed by atoms with Crippen LogP contribution in [0.15, 0.2) is 34.1 Å². The van der Waals surface area contributed by atoms with Gasteiger partial charge in [-0.15, -0.1) is 0 Å². The van der Waals surface area contributed by atoms with Crippen molar-refractivity contribution in [2.45, 2.75) is 55.4 Å². The standard InChI is InChI=1S/C19H31N3O6S3/c1-3-17-7-5-6-12-22(17)31(27,28)19-10-8-18(9-11-19)30(25,26)21-15-13-20(14-16-21)29(23,24)4-2/h8-11,17H,3-7,12-16H2,1-2H3/t17-/m1/s1. The zero-order valence-corrected chi connectivity index (χ0v) is 20.4. The maximum atomic E-state index is 13.1. The Balaban J connectivity index is 1.76. The van der Waals surface area contributed by atoms with Gasteiger partial charge in [0.1, 0.15) is 0 Å². The highest BCUT2D eigenvalue weighted by atomic mass is 32.2. The molecule has 1 aromatic carbocycles. The Kier molecular flexibility index (Phi) is 7.49. The van der Waals surface area contributed by atoms with Crippen LogP contribution in [-0.2, 0) is 30.1 Å². The van der Waals surface area contributed by atoms with Crippen molar-refractivity contribution in [1.29, 1.82) is 0 Å². The van der Waals surface area contributed by atoms with E-state index in [2.05, 4.69) is 0 Å². The highest BCUT2D eigenvalue weighted by molar-refractivity contribution is 7.90. The van der Waals surface area contributed by atoms with Crippen LogP contribution in [0.4, 0.5) is 0 Å². The number of benzene rings is 1. The van der Waals surface area contributed by atoms with Gasteiger partial charge in [0, 0.05) is 38.8 Å². The fourth-order valence-electron chi connectivity index (χ4n) is 4.14. The summed E-state index contributed by atoms with van der Waals surface area (Å²) in [6.07, 6.45) is 3.41. The quantitative estimate of drug-likeness (QED) is 0.566. The summed E-state index contributed by atoms with van der Waals surface area (Å²) in [5.41, 5.74) is 0. The Morgan fingerprint density at radius 3 is 1.77 bits per heavy atom. The summed E-state index contributed by atoms with van der Waals surface area (Å²) >= 11 is 0. The van der Waals surface area contributed by atoms with Crippen molar-refractivity contribution in [3.8, 4) is 0 Å². The van der Waals surface area contributed by atoms with Crippen LogP contribution in [0.3, 0.4) is 0 Å². The predicted octanol–water partition coefficient (Wildman–Crippen LogP) is 1.30. The lowest BCUT2D eigenvalue weighted by Gasteiger charge is -2.34. The van der Waals surface area contributed by atoms with Crippen molar-refractivity contribution >= 4 is 30.1 Å². The third-order valence-corrected chi connectivity index (χ3v) is 11.8. The number of piperidine rings is 1. The molecule has 0 N–H and O–H groups in total. The molecule has 0 radical (unpaired) electrons. The first-order valence-corrected chi connectivity index (χ1v) is 15.1. The lowest BCUT2D eigenvalue weighted by atomic mass is 10.0. The lowest BCUT2D eigenvalue weighted by Crippen LogP contribution is -2.50. The number of rotatable bonds is 7. The van der Waals surface area contributed by atoms with Gasteiger partial charge in [-0.3, -0.25) is 0 Å². The van der Waals surface area contributed by atoms with Gasteiger partial charge in [0.15, 0.2) is 0 Å². The second kappa shape index (κ2) is 9.44. The summed E-state index contributed by atoms with van der Waals surface area (Å²) in [5, 5.41) is 0. The summed E-state index contributed by atoms with van der Waals surface area (Å²) in [7, 11) is -10.9. The van der Waals surface area contributed by atoms with Gasteiger partial charge in [-0.1, -0.05) is 13.3 Å². The van der Waals surface area contributed by atoms with Crippen LogP contribution in [0, 0.1) is 0 Å². The summed E-state index contributed by atoms with van der Waals surface area (Å²) < 4.78 is 80.2. The van der Waals surface area contributed by atoms with Crippen LogP contribution in [0.1, 0.15) is 39.5 Å². The number of sulfonamides is 3. The minimum absolute atomic E-state index is 0.00364. The van der Waals surface area contributed by atoms with E-state index in [4.69, 9.17) is 0 Å². The van der Waals surface area contributed by atoms with E-state index in [1.807, 2.05) is 6.92 Å². The van der Waals surface area contributed by atoms with Crippen LogP contribution in [-0.4, -0.2) is 82.7 Å². The highest BCUT2D eigenvalue weighted by Gasteiger charge is 2.34. The summed E-state index contributed by atoms with van der Waals surface area (Å²) in [5.74, 6) is -0.0222. The normalized spacial score (nSPS) is 23.1. The molecule has 2 saturated heterocycles. The number of piperazine rings is 1. The van der Waals surface area contributed by atoms with Crippen LogP contribution in [0.25, 0.3) is 0 Å². The first kappa shape index (κ1) is 24.6. The second-order valence-corrected chi connectivity index (χ2v) is 13.9. The van der Waals surface area contributed by atoms with Crippen LogP contribution < -0.4 is 0 Å². The smallest absolute Gasteiger partial charge is 0.212 e. The fourth-order valence-corrected chi connectivity index (χ4v) is 8.41. The molecular weight excluding hydrogens is 462 g/mol. The molecule has 0 amide bonds. The average Bonchev–Trinajstić information content (AvgIpc) is 2.79. The zero-order chi connectivity index (χ0) is 22.9. The van der Waals surface area contributed by atoms with E-state index in [9.17, 15) is 25.3 Å². The molecule has 0 unspecified atom stereocenters. The third-order valence-electron chi connectivity index (χ3n) is 6.07. The fraction of sp³-hybridized carbons (Fsp3) is 0.684. The molecule has 176 valence electrons. The molecule has 2 heterocycles. The van der Waals surface area contributed by atoms with Crippen molar-refractivity contribution in [3.05, 3.63) is 24.3 Å². The van der Waals surface area contributed by atoms with Crippen LogP contribution in [0.2, 0.25) is 0 Å². The highest BCUT2D eigenvalue weighted by Crippen LogP contribution is 2.28. The average molecular weight is 494 g/mol. The SMILES string of the molecule is CC[C@@H]1CCCCN1S(=O)(=O)c1ccc(S(=O)(=O)N2CCN(S(=O)(=O)CC)CC2)cc1. The van der Waals surface area contributed by atoms with Crippen molar-refractivity contribution in [2.75, 3.05) is 38.5 Å². The molecular formula is C19H31N3O6S3. The monoisotopic (exact) mass is 493 g/mol. The number of hydrogen-bond acceptors (Lipinski definition) is 6. The number of nitrogens with zero attached hydrogens (tertiary/aromatic N) is 3. The van der Waals surface area contributed by atoms with Gasteiger partial charge >= 0.3 is 0 Å².